The molecule has 2 heterocycles. The number of hydrogen-bond donors (Lipinski definition) is 1. The second-order valence-corrected chi connectivity index (χ2v) is 7.22. The molecule has 1 aromatic heterocycles. The Kier molecular flexibility index (Phi) is 5.71. The van der Waals surface area contributed by atoms with Gasteiger partial charge in [-0.1, -0.05) is 23.7 Å². The lowest BCUT2D eigenvalue weighted by Gasteiger charge is -2.36. The number of halogens is 1. The van der Waals surface area contributed by atoms with Gasteiger partial charge >= 0.3 is 0 Å². The van der Waals surface area contributed by atoms with E-state index in [0.717, 1.165) is 48.2 Å². The molecule has 0 aliphatic carbocycles. The highest BCUT2D eigenvalue weighted by Crippen LogP contribution is 2.23. The summed E-state index contributed by atoms with van der Waals surface area (Å²) in [7, 11) is 0. The summed E-state index contributed by atoms with van der Waals surface area (Å²) in [5.74, 6) is 1.70. The maximum absolute atomic E-state index is 6.23. The summed E-state index contributed by atoms with van der Waals surface area (Å²) in [6, 6.07) is 7.96. The lowest BCUT2D eigenvalue weighted by atomic mass is 10.00. The number of guanidine groups is 1. The van der Waals surface area contributed by atoms with E-state index in [-0.39, 0.29) is 5.92 Å². The van der Waals surface area contributed by atoms with Crippen LogP contribution in [0.5, 0.6) is 0 Å². The fraction of sp³-hybridized carbons (Fsp3) is 0.474. The van der Waals surface area contributed by atoms with Gasteiger partial charge in [0, 0.05) is 54.9 Å². The number of aromatic nitrogens is 1. The molecule has 1 atom stereocenters. The summed E-state index contributed by atoms with van der Waals surface area (Å²) in [6.07, 6.45) is 0. The Labute approximate surface area is 159 Å². The molecule has 0 amide bonds. The Morgan fingerprint density at radius 2 is 1.88 bits per heavy atom. The minimum Gasteiger partial charge on any atom is -0.370 e. The maximum Gasteiger partial charge on any atom is 0.191 e. The van der Waals surface area contributed by atoms with Crippen molar-refractivity contribution >= 4 is 23.2 Å². The predicted octanol–water partition coefficient (Wildman–Crippen LogP) is 3.19. The quantitative estimate of drug-likeness (QED) is 0.656. The lowest BCUT2D eigenvalue weighted by molar-refractivity contribution is 0.380. The van der Waals surface area contributed by atoms with Gasteiger partial charge in [-0.15, -0.1) is 0 Å². The third kappa shape index (κ3) is 4.12. The van der Waals surface area contributed by atoms with E-state index in [0.29, 0.717) is 12.5 Å². The number of nitrogens with zero attached hydrogens (tertiary/aromatic N) is 4. The first-order chi connectivity index (χ1) is 12.5. The molecule has 1 saturated heterocycles. The molecular weight excluding hydrogens is 350 g/mol. The van der Waals surface area contributed by atoms with E-state index in [1.54, 1.807) is 0 Å². The van der Waals surface area contributed by atoms with Crippen LogP contribution in [0.3, 0.4) is 0 Å². The predicted molar refractivity (Wildman–Crippen MR) is 106 cm³/mol. The van der Waals surface area contributed by atoms with E-state index in [9.17, 15) is 0 Å². The molecule has 1 aliphatic rings. The minimum absolute atomic E-state index is 0.232. The largest absolute Gasteiger partial charge is 0.370 e. The number of aliphatic imine (C=N–C) groups is 1. The molecule has 0 bridgehead atoms. The average Bonchev–Trinajstić information content (AvgIpc) is 2.99. The van der Waals surface area contributed by atoms with E-state index in [2.05, 4.69) is 39.0 Å². The molecule has 6 nitrogen and oxygen atoms in total. The zero-order chi connectivity index (χ0) is 18.7. The highest BCUT2D eigenvalue weighted by atomic mass is 35.5. The van der Waals surface area contributed by atoms with Gasteiger partial charge in [0.2, 0.25) is 0 Å². The van der Waals surface area contributed by atoms with Crippen molar-refractivity contribution < 1.29 is 4.52 Å². The molecule has 3 rings (SSSR count). The molecule has 26 heavy (non-hydrogen) atoms. The van der Waals surface area contributed by atoms with Gasteiger partial charge in [-0.05, 0) is 38.1 Å². The Bertz CT molecular complexity index is 743. The molecule has 0 saturated carbocycles. The van der Waals surface area contributed by atoms with Crippen LogP contribution in [0, 0.1) is 13.8 Å². The number of aryl methyl sites for hydroxylation is 2. The van der Waals surface area contributed by atoms with Crippen molar-refractivity contribution in [1.82, 2.24) is 10.1 Å². The summed E-state index contributed by atoms with van der Waals surface area (Å²) < 4.78 is 5.25. The smallest absolute Gasteiger partial charge is 0.191 e. The van der Waals surface area contributed by atoms with Crippen LogP contribution in [-0.2, 0) is 0 Å². The third-order valence-corrected chi connectivity index (χ3v) is 5.16. The fourth-order valence-electron chi connectivity index (χ4n) is 3.46. The van der Waals surface area contributed by atoms with Crippen LogP contribution in [0.25, 0.3) is 0 Å². The van der Waals surface area contributed by atoms with E-state index in [1.165, 1.54) is 5.69 Å². The van der Waals surface area contributed by atoms with Gasteiger partial charge in [-0.3, -0.25) is 4.99 Å². The zero-order valence-electron chi connectivity index (χ0n) is 15.6. The molecule has 1 aromatic carbocycles. The fourth-order valence-corrected chi connectivity index (χ4v) is 3.59. The first-order valence-corrected chi connectivity index (χ1v) is 9.31. The van der Waals surface area contributed by atoms with E-state index < -0.39 is 0 Å². The average molecular weight is 376 g/mol. The molecule has 1 unspecified atom stereocenters. The van der Waals surface area contributed by atoms with Crippen LogP contribution in [0.2, 0.25) is 5.02 Å². The SMILES string of the molecule is Cc1noc(C)c1C(C)CN=C(N)N1CCN(c2ccc(Cl)cc2)CC1. The van der Waals surface area contributed by atoms with Crippen molar-refractivity contribution in [2.24, 2.45) is 10.7 Å². The molecule has 7 heteroatoms. The number of anilines is 1. The van der Waals surface area contributed by atoms with Crippen molar-refractivity contribution in [1.29, 1.82) is 0 Å². The van der Waals surface area contributed by atoms with Gasteiger partial charge in [-0.2, -0.15) is 0 Å². The van der Waals surface area contributed by atoms with Crippen LogP contribution in [0.1, 0.15) is 29.9 Å². The first kappa shape index (κ1) is 18.6. The second kappa shape index (κ2) is 7.99. The van der Waals surface area contributed by atoms with Crippen LogP contribution in [-0.4, -0.2) is 48.7 Å². The Hall–Kier alpha value is -2.21. The molecule has 140 valence electrons. The summed E-state index contributed by atoms with van der Waals surface area (Å²) in [4.78, 5) is 9.10. The van der Waals surface area contributed by atoms with E-state index in [1.807, 2.05) is 26.0 Å². The molecule has 2 N–H and O–H groups in total. The zero-order valence-corrected chi connectivity index (χ0v) is 16.3. The van der Waals surface area contributed by atoms with E-state index in [4.69, 9.17) is 21.9 Å². The van der Waals surface area contributed by atoms with Gasteiger partial charge < -0.3 is 20.1 Å². The monoisotopic (exact) mass is 375 g/mol. The van der Waals surface area contributed by atoms with Crippen molar-refractivity contribution in [3.8, 4) is 0 Å². The lowest BCUT2D eigenvalue weighted by Crippen LogP contribution is -2.51. The Morgan fingerprint density at radius 1 is 1.23 bits per heavy atom. The molecule has 1 aliphatic heterocycles. The van der Waals surface area contributed by atoms with Crippen molar-refractivity contribution in [3.63, 3.8) is 0 Å². The Balaban J connectivity index is 1.55. The number of rotatable bonds is 4. The second-order valence-electron chi connectivity index (χ2n) is 6.79. The first-order valence-electron chi connectivity index (χ1n) is 8.94. The Morgan fingerprint density at radius 3 is 2.46 bits per heavy atom. The third-order valence-electron chi connectivity index (χ3n) is 4.90. The van der Waals surface area contributed by atoms with Crippen molar-refractivity contribution in [2.75, 3.05) is 37.6 Å². The number of nitrogens with two attached hydrogens (primary N) is 1. The molecule has 0 spiro atoms. The topological polar surface area (TPSA) is 70.9 Å². The number of benzene rings is 1. The van der Waals surface area contributed by atoms with Crippen LogP contribution in [0.15, 0.2) is 33.8 Å². The summed E-state index contributed by atoms with van der Waals surface area (Å²) in [5, 5.41) is 4.78. The number of piperazine rings is 1. The normalized spacial score (nSPS) is 16.8. The van der Waals surface area contributed by atoms with E-state index >= 15 is 0 Å². The van der Waals surface area contributed by atoms with Crippen LogP contribution >= 0.6 is 11.6 Å². The van der Waals surface area contributed by atoms with Crippen LogP contribution in [0.4, 0.5) is 5.69 Å². The highest BCUT2D eigenvalue weighted by Gasteiger charge is 2.20. The van der Waals surface area contributed by atoms with Gasteiger partial charge in [0.1, 0.15) is 5.76 Å². The minimum atomic E-state index is 0.232. The number of hydrogen-bond acceptors (Lipinski definition) is 4. The molecular formula is C19H26ClN5O. The van der Waals surface area contributed by atoms with Gasteiger partial charge in [0.15, 0.2) is 5.96 Å². The summed E-state index contributed by atoms with van der Waals surface area (Å²) in [5.41, 5.74) is 9.49. The van der Waals surface area contributed by atoms with Gasteiger partial charge in [-0.25, -0.2) is 0 Å². The van der Waals surface area contributed by atoms with Gasteiger partial charge in [0.25, 0.3) is 0 Å². The molecule has 2 aromatic rings. The van der Waals surface area contributed by atoms with Crippen molar-refractivity contribution in [2.45, 2.75) is 26.7 Å². The highest BCUT2D eigenvalue weighted by molar-refractivity contribution is 6.30. The van der Waals surface area contributed by atoms with Crippen LogP contribution < -0.4 is 10.6 Å². The summed E-state index contributed by atoms with van der Waals surface area (Å²) in [6.45, 7) is 10.2. The molecule has 1 fully saturated rings. The molecule has 0 radical (unpaired) electrons. The van der Waals surface area contributed by atoms with Gasteiger partial charge in [0.05, 0.1) is 5.69 Å². The van der Waals surface area contributed by atoms with Crippen molar-refractivity contribution in [3.05, 3.63) is 46.3 Å². The standard InChI is InChI=1S/C19H26ClN5O/c1-13(18-14(2)23-26-15(18)3)12-22-19(21)25-10-8-24(9-11-25)17-6-4-16(20)5-7-17/h4-7,13H,8-12H2,1-3H3,(H2,21,22). The maximum atomic E-state index is 6.23. The summed E-state index contributed by atoms with van der Waals surface area (Å²) >= 11 is 5.96.